The Morgan fingerprint density at radius 1 is 1.61 bits per heavy atom. The third-order valence-corrected chi connectivity index (χ3v) is 5.00. The average molecular weight is 336 g/mol. The number of nitrogens with two attached hydrogens (primary N) is 1. The summed E-state index contributed by atoms with van der Waals surface area (Å²) >= 11 is 3.20. The van der Waals surface area contributed by atoms with Crippen LogP contribution in [0.4, 0.5) is 5.82 Å². The number of ether oxygens (including phenoxy) is 1. The molecule has 2 rings (SSSR count). The minimum atomic E-state index is -3.61. The fourth-order valence-corrected chi connectivity index (χ4v) is 3.86. The van der Waals surface area contributed by atoms with E-state index < -0.39 is 10.0 Å². The number of hydrogen-bond acceptors (Lipinski definition) is 5. The van der Waals surface area contributed by atoms with E-state index in [1.54, 1.807) is 0 Å². The maximum Gasteiger partial charge on any atom is 0.246 e. The van der Waals surface area contributed by atoms with Gasteiger partial charge in [0.2, 0.25) is 10.0 Å². The second kappa shape index (κ2) is 5.12. The predicted molar refractivity (Wildman–Crippen MR) is 70.5 cm³/mol. The van der Waals surface area contributed by atoms with E-state index in [9.17, 15) is 8.42 Å². The van der Waals surface area contributed by atoms with Gasteiger partial charge in [-0.25, -0.2) is 13.4 Å². The highest BCUT2D eigenvalue weighted by molar-refractivity contribution is 9.10. The van der Waals surface area contributed by atoms with Crippen LogP contribution in [0.1, 0.15) is 6.92 Å². The number of sulfonamides is 1. The highest BCUT2D eigenvalue weighted by Crippen LogP contribution is 2.25. The molecular formula is C10H14BrN3O3S. The van der Waals surface area contributed by atoms with Crippen molar-refractivity contribution < 1.29 is 13.2 Å². The van der Waals surface area contributed by atoms with Gasteiger partial charge in [-0.2, -0.15) is 4.31 Å². The number of morpholine rings is 1. The van der Waals surface area contributed by atoms with Gasteiger partial charge in [0.1, 0.15) is 10.7 Å². The normalized spacial score (nSPS) is 22.0. The minimum Gasteiger partial charge on any atom is -0.383 e. The van der Waals surface area contributed by atoms with Crippen LogP contribution in [-0.4, -0.2) is 43.5 Å². The standard InChI is InChI=1S/C10H14BrN3O3S/c1-7-6-14(2-3-17-7)18(15,16)9-4-8(11)5-13-10(9)12/h4-5,7H,2-3,6H2,1H3,(H2,12,13). The van der Waals surface area contributed by atoms with Crippen molar-refractivity contribution in [3.05, 3.63) is 16.7 Å². The molecule has 0 aromatic carbocycles. The van der Waals surface area contributed by atoms with Crippen molar-refractivity contribution in [1.29, 1.82) is 0 Å². The molecule has 1 saturated heterocycles. The van der Waals surface area contributed by atoms with Crippen LogP contribution in [0.25, 0.3) is 0 Å². The summed E-state index contributed by atoms with van der Waals surface area (Å²) in [5.41, 5.74) is 5.65. The molecule has 0 radical (unpaired) electrons. The van der Waals surface area contributed by atoms with E-state index in [1.165, 1.54) is 16.6 Å². The minimum absolute atomic E-state index is 0.0114. The van der Waals surface area contributed by atoms with Crippen molar-refractivity contribution >= 4 is 31.8 Å². The summed E-state index contributed by atoms with van der Waals surface area (Å²) in [4.78, 5) is 3.89. The molecule has 100 valence electrons. The first-order chi connectivity index (χ1) is 8.41. The Morgan fingerprint density at radius 3 is 3.00 bits per heavy atom. The lowest BCUT2D eigenvalue weighted by molar-refractivity contribution is 0.0102. The Hall–Kier alpha value is -0.700. The fourth-order valence-electron chi connectivity index (χ4n) is 1.78. The lowest BCUT2D eigenvalue weighted by Gasteiger charge is -2.30. The van der Waals surface area contributed by atoms with E-state index in [0.717, 1.165) is 0 Å². The lowest BCUT2D eigenvalue weighted by Crippen LogP contribution is -2.44. The van der Waals surface area contributed by atoms with Crippen LogP contribution in [0.2, 0.25) is 0 Å². The number of aromatic nitrogens is 1. The van der Waals surface area contributed by atoms with Gasteiger partial charge in [0.05, 0.1) is 12.7 Å². The van der Waals surface area contributed by atoms with Crippen LogP contribution < -0.4 is 5.73 Å². The summed E-state index contributed by atoms with van der Waals surface area (Å²) in [5.74, 6) is 0.0114. The average Bonchev–Trinajstić information content (AvgIpc) is 2.32. The van der Waals surface area contributed by atoms with Crippen molar-refractivity contribution in [2.45, 2.75) is 17.9 Å². The summed E-state index contributed by atoms with van der Waals surface area (Å²) in [6, 6.07) is 1.47. The topological polar surface area (TPSA) is 85.5 Å². The van der Waals surface area contributed by atoms with Crippen molar-refractivity contribution in [3.63, 3.8) is 0 Å². The summed E-state index contributed by atoms with van der Waals surface area (Å²) < 4.78 is 32.2. The highest BCUT2D eigenvalue weighted by Gasteiger charge is 2.31. The van der Waals surface area contributed by atoms with E-state index in [4.69, 9.17) is 10.5 Å². The van der Waals surface area contributed by atoms with Gasteiger partial charge in [-0.15, -0.1) is 0 Å². The zero-order chi connectivity index (χ0) is 13.3. The number of nitrogen functional groups attached to an aromatic ring is 1. The molecule has 18 heavy (non-hydrogen) atoms. The first-order valence-corrected chi connectivity index (χ1v) is 7.67. The Labute approximate surface area is 114 Å². The molecule has 1 aromatic rings. The largest absolute Gasteiger partial charge is 0.383 e. The highest BCUT2D eigenvalue weighted by atomic mass is 79.9. The molecule has 0 saturated carbocycles. The molecule has 1 aromatic heterocycles. The van der Waals surface area contributed by atoms with Gasteiger partial charge in [0, 0.05) is 23.8 Å². The van der Waals surface area contributed by atoms with Crippen LogP contribution in [0.15, 0.2) is 21.6 Å². The van der Waals surface area contributed by atoms with Gasteiger partial charge < -0.3 is 10.5 Å². The van der Waals surface area contributed by atoms with Gasteiger partial charge in [-0.3, -0.25) is 0 Å². The molecule has 1 unspecified atom stereocenters. The molecule has 2 N–H and O–H groups in total. The van der Waals surface area contributed by atoms with E-state index >= 15 is 0 Å². The Morgan fingerprint density at radius 2 is 2.33 bits per heavy atom. The molecule has 0 spiro atoms. The zero-order valence-electron chi connectivity index (χ0n) is 9.84. The third-order valence-electron chi connectivity index (χ3n) is 2.67. The van der Waals surface area contributed by atoms with E-state index in [2.05, 4.69) is 20.9 Å². The van der Waals surface area contributed by atoms with E-state index in [-0.39, 0.29) is 16.8 Å². The van der Waals surface area contributed by atoms with E-state index in [0.29, 0.717) is 24.2 Å². The van der Waals surface area contributed by atoms with Crippen LogP contribution in [0.3, 0.4) is 0 Å². The van der Waals surface area contributed by atoms with Crippen molar-refractivity contribution in [3.8, 4) is 0 Å². The number of halogens is 1. The first kappa shape index (κ1) is 13.7. The van der Waals surface area contributed by atoms with Crippen LogP contribution in [0.5, 0.6) is 0 Å². The van der Waals surface area contributed by atoms with E-state index in [1.807, 2.05) is 6.92 Å². The van der Waals surface area contributed by atoms with Crippen molar-refractivity contribution in [2.75, 3.05) is 25.4 Å². The molecule has 1 aliphatic heterocycles. The summed E-state index contributed by atoms with van der Waals surface area (Å²) in [6.45, 7) is 2.89. The Kier molecular flexibility index (Phi) is 3.90. The van der Waals surface area contributed by atoms with Crippen LogP contribution in [-0.2, 0) is 14.8 Å². The van der Waals surface area contributed by atoms with Gasteiger partial charge in [0.25, 0.3) is 0 Å². The van der Waals surface area contributed by atoms with Gasteiger partial charge in [0.15, 0.2) is 0 Å². The molecule has 6 nitrogen and oxygen atoms in total. The molecule has 2 heterocycles. The number of nitrogens with zero attached hydrogens (tertiary/aromatic N) is 2. The molecule has 0 bridgehead atoms. The second-order valence-electron chi connectivity index (χ2n) is 4.08. The van der Waals surface area contributed by atoms with Crippen LogP contribution >= 0.6 is 15.9 Å². The molecule has 1 atom stereocenters. The van der Waals surface area contributed by atoms with Gasteiger partial charge >= 0.3 is 0 Å². The number of hydrogen-bond donors (Lipinski definition) is 1. The lowest BCUT2D eigenvalue weighted by atomic mass is 10.3. The molecule has 0 aliphatic carbocycles. The fraction of sp³-hybridized carbons (Fsp3) is 0.500. The van der Waals surface area contributed by atoms with Crippen molar-refractivity contribution in [1.82, 2.24) is 9.29 Å². The molecule has 8 heteroatoms. The molecule has 1 aliphatic rings. The zero-order valence-corrected chi connectivity index (χ0v) is 12.2. The Bertz CT molecular complexity index is 549. The molecule has 1 fully saturated rings. The predicted octanol–water partition coefficient (Wildman–Crippen LogP) is 0.836. The molecular weight excluding hydrogens is 322 g/mol. The van der Waals surface area contributed by atoms with Crippen molar-refractivity contribution in [2.24, 2.45) is 0 Å². The van der Waals surface area contributed by atoms with Crippen LogP contribution in [0, 0.1) is 0 Å². The summed E-state index contributed by atoms with van der Waals surface area (Å²) in [5, 5.41) is 0. The maximum atomic E-state index is 12.4. The maximum absolute atomic E-state index is 12.4. The number of rotatable bonds is 2. The summed E-state index contributed by atoms with van der Waals surface area (Å²) in [7, 11) is -3.61. The SMILES string of the molecule is CC1CN(S(=O)(=O)c2cc(Br)cnc2N)CCO1. The summed E-state index contributed by atoms with van der Waals surface area (Å²) in [6.07, 6.45) is 1.35. The second-order valence-corrected chi connectivity index (χ2v) is 6.90. The van der Waals surface area contributed by atoms with Gasteiger partial charge in [-0.05, 0) is 28.9 Å². The van der Waals surface area contributed by atoms with Gasteiger partial charge in [-0.1, -0.05) is 0 Å². The molecule has 0 amide bonds. The first-order valence-electron chi connectivity index (χ1n) is 5.44. The number of anilines is 1. The third kappa shape index (κ3) is 2.66. The Balaban J connectivity index is 2.38. The smallest absolute Gasteiger partial charge is 0.246 e. The quantitative estimate of drug-likeness (QED) is 0.865. The monoisotopic (exact) mass is 335 g/mol. The number of pyridine rings is 1.